The maximum atomic E-state index is 10.0. The fourth-order valence-electron chi connectivity index (χ4n) is 3.47. The van der Waals surface area contributed by atoms with Gasteiger partial charge in [-0.25, -0.2) is 0 Å². The number of hydrogen-bond acceptors (Lipinski definition) is 4. The van der Waals surface area contributed by atoms with E-state index in [1.807, 2.05) is 0 Å². The second-order valence-electron chi connectivity index (χ2n) is 6.59. The number of ketones is 1. The molecule has 1 aliphatic rings. The molecule has 147 valence electrons. The van der Waals surface area contributed by atoms with Crippen LogP contribution in [0.5, 0.6) is 0 Å². The van der Waals surface area contributed by atoms with Gasteiger partial charge in [0, 0.05) is 43.0 Å². The number of benzene rings is 2. The van der Waals surface area contributed by atoms with Gasteiger partial charge in [0.25, 0.3) is 0 Å². The Bertz CT molecular complexity index is 1210. The topological polar surface area (TPSA) is 63.3 Å². The Morgan fingerprint density at radius 2 is 1.72 bits per heavy atom. The van der Waals surface area contributed by atoms with E-state index in [0.29, 0.717) is 5.76 Å². The van der Waals surface area contributed by atoms with E-state index in [2.05, 4.69) is 54.6 Å². The minimum absolute atomic E-state index is 0. The summed E-state index contributed by atoms with van der Waals surface area (Å²) in [6.45, 7) is 2.85. The first kappa shape index (κ1) is 20.7. The van der Waals surface area contributed by atoms with Crippen LogP contribution in [-0.4, -0.2) is 15.9 Å². The number of aromatic nitrogens is 1. The summed E-state index contributed by atoms with van der Waals surface area (Å²) in [6, 6.07) is 21.7. The average Bonchev–Trinajstić information content (AvgIpc) is 3.30. The number of pyridine rings is 1. The van der Waals surface area contributed by atoms with Crippen LogP contribution in [0.1, 0.15) is 13.8 Å². The summed E-state index contributed by atoms with van der Waals surface area (Å²) in [5.41, 5.74) is 6.86. The molecule has 1 N–H and O–H groups in total. The number of rotatable bonds is 2. The summed E-state index contributed by atoms with van der Waals surface area (Å²) in [7, 11) is 0. The Morgan fingerprint density at radius 1 is 1.03 bits per heavy atom. The number of carbonyl (C=O) groups excluding carboxylic acids is 1. The summed E-state index contributed by atoms with van der Waals surface area (Å²) in [5.74, 6) is 0.621. The van der Waals surface area contributed by atoms with Gasteiger partial charge in [-0.2, -0.15) is 0 Å². The molecule has 2 aromatic heterocycles. The quantitative estimate of drug-likeness (QED) is 0.164. The van der Waals surface area contributed by atoms with Crippen LogP contribution in [0.15, 0.2) is 77.1 Å². The second-order valence-corrected chi connectivity index (χ2v) is 6.59. The molecule has 1 aliphatic carbocycles. The largest absolute Gasteiger partial charge is 0.545 e. The number of aliphatic hydroxyl groups is 1. The van der Waals surface area contributed by atoms with Crippen LogP contribution in [0, 0.1) is 6.07 Å². The van der Waals surface area contributed by atoms with Gasteiger partial charge in [-0.3, -0.25) is 4.79 Å². The summed E-state index contributed by atoms with van der Waals surface area (Å²) < 4.78 is 5.45. The third-order valence-electron chi connectivity index (χ3n) is 4.45. The smallest absolute Gasteiger partial charge is 0.155 e. The molecule has 0 saturated heterocycles. The van der Waals surface area contributed by atoms with E-state index in [1.54, 1.807) is 12.3 Å². The first-order valence-corrected chi connectivity index (χ1v) is 8.91. The van der Waals surface area contributed by atoms with Crippen LogP contribution in [0.3, 0.4) is 0 Å². The third-order valence-corrected chi connectivity index (χ3v) is 4.45. The van der Waals surface area contributed by atoms with Gasteiger partial charge in [0.15, 0.2) is 5.78 Å². The van der Waals surface area contributed by atoms with Crippen molar-refractivity contribution in [2.24, 2.45) is 0 Å². The van der Waals surface area contributed by atoms with E-state index in [9.17, 15) is 4.79 Å². The van der Waals surface area contributed by atoms with Crippen LogP contribution in [0.4, 0.5) is 0 Å². The molecule has 0 spiro atoms. The van der Waals surface area contributed by atoms with Crippen LogP contribution in [0.25, 0.3) is 44.6 Å². The Balaban J connectivity index is 0.000000263. The molecule has 1 radical (unpaired) electrons. The van der Waals surface area contributed by atoms with Crippen molar-refractivity contribution in [3.63, 3.8) is 0 Å². The van der Waals surface area contributed by atoms with Gasteiger partial charge < -0.3 is 14.5 Å². The molecule has 2 heterocycles. The number of furan rings is 1. The molecule has 0 unspecified atom stereocenters. The number of aliphatic hydroxyl groups excluding tert-OH is 1. The Kier molecular flexibility index (Phi) is 6.11. The third kappa shape index (κ3) is 4.07. The zero-order valence-corrected chi connectivity index (χ0v) is 18.3. The Morgan fingerprint density at radius 3 is 2.31 bits per heavy atom. The van der Waals surface area contributed by atoms with Crippen LogP contribution < -0.4 is 0 Å². The summed E-state index contributed by atoms with van der Waals surface area (Å²) in [4.78, 5) is 14.8. The van der Waals surface area contributed by atoms with Crippen LogP contribution in [0.2, 0.25) is 0 Å². The normalized spacial score (nSPS) is 11.3. The van der Waals surface area contributed by atoms with Gasteiger partial charge in [-0.05, 0) is 48.4 Å². The second kappa shape index (κ2) is 8.56. The minimum atomic E-state index is -0.125. The Hall–Kier alpha value is -3.01. The molecule has 5 rings (SSSR count). The predicted molar refractivity (Wildman–Crippen MR) is 110 cm³/mol. The number of allylic oxidation sites excluding steroid dienone is 2. The van der Waals surface area contributed by atoms with E-state index >= 15 is 0 Å². The summed E-state index contributed by atoms with van der Waals surface area (Å²) in [5, 5.41) is 9.59. The number of fused-ring (bicyclic) bond motifs is 3. The van der Waals surface area contributed by atoms with Crippen molar-refractivity contribution in [1.82, 2.24) is 4.98 Å². The van der Waals surface area contributed by atoms with Crippen molar-refractivity contribution in [2.75, 3.05) is 0 Å². The SMILES string of the molecule is CC(=O)/C=C(/C)O.[Ir].[c-]1ccoc1-c1cc2c3c(cccc3n1)-c1ccccc1-2. The standard InChI is InChI=1S/C19H10NO.C5H8O2.Ir/c1-2-6-13-12(5-1)14-7-3-8-16-19(14)15(13)11-17(20-16)18-9-4-10-21-18;1-4(6)3-5(2)7;/h1-8,10-11H;3,6H,1-2H3;/q-1;;/b;4-3-;. The zero-order chi connectivity index (χ0) is 19.7. The van der Waals surface area contributed by atoms with Crippen LogP contribution in [-0.2, 0) is 24.9 Å². The summed E-state index contributed by atoms with van der Waals surface area (Å²) >= 11 is 0. The first-order chi connectivity index (χ1) is 13.5. The average molecular weight is 561 g/mol. The van der Waals surface area contributed by atoms with Crippen LogP contribution >= 0.6 is 0 Å². The number of hydrogen-bond donors (Lipinski definition) is 1. The maximum Gasteiger partial charge on any atom is 0.155 e. The maximum absolute atomic E-state index is 10.0. The predicted octanol–water partition coefficient (Wildman–Crippen LogP) is 5.98. The van der Waals surface area contributed by atoms with Gasteiger partial charge in [-0.15, -0.1) is 12.1 Å². The molecular weight excluding hydrogens is 542 g/mol. The molecule has 5 heteroatoms. The summed E-state index contributed by atoms with van der Waals surface area (Å²) in [6.07, 6.45) is 2.80. The van der Waals surface area contributed by atoms with E-state index < -0.39 is 0 Å². The molecule has 2 aromatic carbocycles. The Labute approximate surface area is 182 Å². The van der Waals surface area contributed by atoms with Crippen molar-refractivity contribution >= 4 is 16.7 Å². The molecule has 0 amide bonds. The van der Waals surface area contributed by atoms with Crippen molar-refractivity contribution in [3.8, 4) is 33.7 Å². The van der Waals surface area contributed by atoms with Crippen molar-refractivity contribution in [3.05, 3.63) is 78.8 Å². The fourth-order valence-corrected chi connectivity index (χ4v) is 3.47. The minimum Gasteiger partial charge on any atom is -0.545 e. The first-order valence-electron chi connectivity index (χ1n) is 8.91. The van der Waals surface area contributed by atoms with E-state index in [0.717, 1.165) is 11.2 Å². The van der Waals surface area contributed by atoms with Gasteiger partial charge in [-0.1, -0.05) is 42.5 Å². The number of nitrogens with zero attached hydrogens (tertiary/aromatic N) is 1. The van der Waals surface area contributed by atoms with Crippen molar-refractivity contribution < 1.29 is 34.4 Å². The van der Waals surface area contributed by atoms with Gasteiger partial charge in [0.05, 0.1) is 11.3 Å². The fraction of sp³-hybridized carbons (Fsp3) is 0.0833. The molecule has 29 heavy (non-hydrogen) atoms. The van der Waals surface area contributed by atoms with Gasteiger partial charge in [0.2, 0.25) is 0 Å². The van der Waals surface area contributed by atoms with E-state index in [-0.39, 0.29) is 31.6 Å². The zero-order valence-electron chi connectivity index (χ0n) is 15.9. The molecule has 0 atom stereocenters. The molecule has 4 nitrogen and oxygen atoms in total. The van der Waals surface area contributed by atoms with E-state index in [4.69, 9.17) is 14.5 Å². The van der Waals surface area contributed by atoms with Crippen molar-refractivity contribution in [1.29, 1.82) is 0 Å². The van der Waals surface area contributed by atoms with Gasteiger partial charge >= 0.3 is 0 Å². The monoisotopic (exact) mass is 561 g/mol. The molecular formula is C24H18IrNO3-. The van der Waals surface area contributed by atoms with E-state index in [1.165, 1.54) is 47.6 Å². The molecule has 0 fully saturated rings. The molecule has 4 aromatic rings. The van der Waals surface area contributed by atoms with Gasteiger partial charge in [0.1, 0.15) is 0 Å². The molecule has 0 bridgehead atoms. The number of carbonyl (C=O) groups is 1. The van der Waals surface area contributed by atoms with Crippen molar-refractivity contribution in [2.45, 2.75) is 13.8 Å². The molecule has 0 saturated carbocycles. The molecule has 0 aliphatic heterocycles.